The Balaban J connectivity index is 2.13. The summed E-state index contributed by atoms with van der Waals surface area (Å²) in [6, 6.07) is 6.66. The van der Waals surface area contributed by atoms with Crippen LogP contribution in [0.25, 0.3) is 0 Å². The fourth-order valence-corrected chi connectivity index (χ4v) is 3.72. The molecule has 4 rings (SSSR count). The largest absolute Gasteiger partial charge is 0.495 e. The van der Waals surface area contributed by atoms with E-state index >= 15 is 0 Å². The van der Waals surface area contributed by atoms with Crippen molar-refractivity contribution < 1.29 is 23.9 Å². The number of hydrogen-bond acceptors (Lipinski definition) is 5. The highest BCUT2D eigenvalue weighted by molar-refractivity contribution is 6.31. The van der Waals surface area contributed by atoms with Crippen molar-refractivity contribution in [2.45, 2.75) is 25.9 Å². The quantitative estimate of drug-likeness (QED) is 0.673. The SMILES string of the molecule is COc1c(C=O)c2c(c3c1C(=O)c1ccccc1C3=O)OC(C)(C)C2. The Labute approximate surface area is 144 Å². The van der Waals surface area contributed by atoms with Crippen molar-refractivity contribution in [3.63, 3.8) is 0 Å². The molecule has 126 valence electrons. The number of rotatable bonds is 2. The maximum Gasteiger partial charge on any atom is 0.198 e. The number of ketones is 2. The van der Waals surface area contributed by atoms with Gasteiger partial charge in [-0.3, -0.25) is 14.4 Å². The highest BCUT2D eigenvalue weighted by Crippen LogP contribution is 2.48. The topological polar surface area (TPSA) is 69.7 Å². The molecule has 2 aromatic carbocycles. The molecule has 0 atom stereocenters. The first-order valence-electron chi connectivity index (χ1n) is 7.99. The number of carbonyl (C=O) groups is 3. The molecule has 1 heterocycles. The zero-order valence-electron chi connectivity index (χ0n) is 14.1. The van der Waals surface area contributed by atoms with Crippen LogP contribution in [0.4, 0.5) is 0 Å². The van der Waals surface area contributed by atoms with Crippen LogP contribution in [-0.2, 0) is 6.42 Å². The third kappa shape index (κ3) is 1.98. The second-order valence-electron chi connectivity index (χ2n) is 6.86. The van der Waals surface area contributed by atoms with Gasteiger partial charge in [0.05, 0.1) is 23.8 Å². The molecule has 1 aliphatic heterocycles. The lowest BCUT2D eigenvalue weighted by Gasteiger charge is -2.24. The van der Waals surface area contributed by atoms with E-state index in [1.807, 2.05) is 13.8 Å². The standard InChI is InChI=1S/C20H16O5/c1-20(2)8-12-13(9-21)18(24-3)14-15(19(12)25-20)17(23)11-7-5-4-6-10(11)16(14)22/h4-7,9H,8H2,1-3H3. The Kier molecular flexibility index (Phi) is 3.13. The zero-order chi connectivity index (χ0) is 17.9. The molecule has 0 amide bonds. The van der Waals surface area contributed by atoms with Crippen molar-refractivity contribution in [2.75, 3.05) is 7.11 Å². The molecule has 25 heavy (non-hydrogen) atoms. The molecule has 0 saturated heterocycles. The van der Waals surface area contributed by atoms with Crippen molar-refractivity contribution >= 4 is 17.9 Å². The predicted molar refractivity (Wildman–Crippen MR) is 90.1 cm³/mol. The first-order chi connectivity index (χ1) is 11.9. The molecule has 1 aliphatic carbocycles. The highest BCUT2D eigenvalue weighted by Gasteiger charge is 2.43. The lowest BCUT2D eigenvalue weighted by atomic mass is 9.80. The number of hydrogen-bond donors (Lipinski definition) is 0. The van der Waals surface area contributed by atoms with E-state index in [-0.39, 0.29) is 34.0 Å². The van der Waals surface area contributed by atoms with Crippen molar-refractivity contribution in [3.05, 3.63) is 57.6 Å². The Morgan fingerprint density at radius 2 is 1.68 bits per heavy atom. The van der Waals surface area contributed by atoms with Crippen LogP contribution in [-0.4, -0.2) is 30.6 Å². The van der Waals surface area contributed by atoms with Gasteiger partial charge in [0.1, 0.15) is 17.1 Å². The zero-order valence-corrected chi connectivity index (χ0v) is 14.1. The van der Waals surface area contributed by atoms with Gasteiger partial charge in [-0.15, -0.1) is 0 Å². The molecule has 5 heteroatoms. The van der Waals surface area contributed by atoms with Crippen molar-refractivity contribution in [2.24, 2.45) is 0 Å². The maximum atomic E-state index is 13.1. The van der Waals surface area contributed by atoms with Gasteiger partial charge >= 0.3 is 0 Å². The summed E-state index contributed by atoms with van der Waals surface area (Å²) >= 11 is 0. The molecule has 0 radical (unpaired) electrons. The lowest BCUT2D eigenvalue weighted by Crippen LogP contribution is -2.26. The average molecular weight is 336 g/mol. The fourth-order valence-electron chi connectivity index (χ4n) is 3.72. The van der Waals surface area contributed by atoms with Crippen LogP contribution >= 0.6 is 0 Å². The number of benzene rings is 2. The minimum absolute atomic E-state index is 0.116. The van der Waals surface area contributed by atoms with E-state index in [1.54, 1.807) is 24.3 Å². The second-order valence-corrected chi connectivity index (χ2v) is 6.86. The molecule has 0 aromatic heterocycles. The minimum atomic E-state index is -0.569. The van der Waals surface area contributed by atoms with Crippen LogP contribution in [0.15, 0.2) is 24.3 Å². The summed E-state index contributed by atoms with van der Waals surface area (Å²) in [5.41, 5.74) is 1.30. The number of carbonyl (C=O) groups excluding carboxylic acids is 3. The van der Waals surface area contributed by atoms with E-state index < -0.39 is 5.60 Å². The molecule has 0 saturated carbocycles. The Morgan fingerprint density at radius 3 is 2.24 bits per heavy atom. The summed E-state index contributed by atoms with van der Waals surface area (Å²) in [7, 11) is 1.40. The van der Waals surface area contributed by atoms with Crippen LogP contribution in [0.3, 0.4) is 0 Å². The van der Waals surface area contributed by atoms with Crippen LogP contribution in [0, 0.1) is 0 Å². The van der Waals surface area contributed by atoms with Gasteiger partial charge in [-0.2, -0.15) is 0 Å². The normalized spacial score (nSPS) is 16.6. The lowest BCUT2D eigenvalue weighted by molar-refractivity contribution is 0.0963. The molecule has 0 N–H and O–H groups in total. The molecule has 2 aromatic rings. The van der Waals surface area contributed by atoms with Crippen molar-refractivity contribution in [3.8, 4) is 11.5 Å². The van der Waals surface area contributed by atoms with E-state index in [4.69, 9.17) is 9.47 Å². The minimum Gasteiger partial charge on any atom is -0.495 e. The van der Waals surface area contributed by atoms with Gasteiger partial charge < -0.3 is 9.47 Å². The summed E-state index contributed by atoms with van der Waals surface area (Å²) < 4.78 is 11.4. The predicted octanol–water partition coefficient (Wildman–Crippen LogP) is 3.00. The van der Waals surface area contributed by atoms with Crippen molar-refractivity contribution in [1.29, 1.82) is 0 Å². The molecular weight excluding hydrogens is 320 g/mol. The summed E-state index contributed by atoms with van der Waals surface area (Å²) in [5, 5.41) is 0. The fraction of sp³-hybridized carbons (Fsp3) is 0.250. The van der Waals surface area contributed by atoms with Gasteiger partial charge in [-0.05, 0) is 13.8 Å². The van der Waals surface area contributed by atoms with Gasteiger partial charge in [0.2, 0.25) is 0 Å². The molecule has 0 bridgehead atoms. The van der Waals surface area contributed by atoms with E-state index in [2.05, 4.69) is 0 Å². The molecule has 2 aliphatic rings. The number of methoxy groups -OCH3 is 1. The first-order valence-corrected chi connectivity index (χ1v) is 7.99. The number of aldehydes is 1. The van der Waals surface area contributed by atoms with Crippen molar-refractivity contribution in [1.82, 2.24) is 0 Å². The Bertz CT molecular complexity index is 969. The van der Waals surface area contributed by atoms with E-state index in [0.29, 0.717) is 35.1 Å². The summed E-state index contributed by atoms with van der Waals surface area (Å²) in [5.74, 6) is -0.134. The average Bonchev–Trinajstić information content (AvgIpc) is 2.92. The Hall–Kier alpha value is -2.95. The monoisotopic (exact) mass is 336 g/mol. The van der Waals surface area contributed by atoms with E-state index in [9.17, 15) is 14.4 Å². The van der Waals surface area contributed by atoms with Gasteiger partial charge in [-0.25, -0.2) is 0 Å². The summed E-state index contributed by atoms with van der Waals surface area (Å²) in [6.07, 6.45) is 1.13. The second kappa shape index (κ2) is 5.02. The summed E-state index contributed by atoms with van der Waals surface area (Å²) in [6.45, 7) is 3.76. The van der Waals surface area contributed by atoms with Gasteiger partial charge in [-0.1, -0.05) is 24.3 Å². The highest BCUT2D eigenvalue weighted by atomic mass is 16.5. The molecule has 0 unspecified atom stereocenters. The van der Waals surface area contributed by atoms with Crippen LogP contribution in [0.5, 0.6) is 11.5 Å². The first kappa shape index (κ1) is 15.6. The van der Waals surface area contributed by atoms with Crippen LogP contribution < -0.4 is 9.47 Å². The Morgan fingerprint density at radius 1 is 1.08 bits per heavy atom. The third-order valence-corrected chi connectivity index (χ3v) is 4.72. The smallest absolute Gasteiger partial charge is 0.198 e. The maximum absolute atomic E-state index is 13.1. The van der Waals surface area contributed by atoms with Crippen LogP contribution in [0.2, 0.25) is 0 Å². The molecule has 0 spiro atoms. The van der Waals surface area contributed by atoms with Gasteiger partial charge in [0.15, 0.2) is 17.9 Å². The molecular formula is C20H16O5. The van der Waals surface area contributed by atoms with Crippen LogP contribution in [0.1, 0.15) is 61.6 Å². The number of ether oxygens (including phenoxy) is 2. The van der Waals surface area contributed by atoms with Gasteiger partial charge in [0, 0.05) is 23.1 Å². The molecule has 0 fully saturated rings. The van der Waals surface area contributed by atoms with E-state index in [0.717, 1.165) is 0 Å². The summed E-state index contributed by atoms with van der Waals surface area (Å²) in [4.78, 5) is 37.9. The number of fused-ring (bicyclic) bond motifs is 4. The van der Waals surface area contributed by atoms with E-state index in [1.165, 1.54) is 7.11 Å². The van der Waals surface area contributed by atoms with Gasteiger partial charge in [0.25, 0.3) is 0 Å². The molecule has 5 nitrogen and oxygen atoms in total. The third-order valence-electron chi connectivity index (χ3n) is 4.72.